The van der Waals surface area contributed by atoms with Crippen molar-refractivity contribution >= 4 is 45.8 Å². The number of pyridine rings is 1. The number of aryl methyl sites for hydroxylation is 3. The maximum absolute atomic E-state index is 13.1. The van der Waals surface area contributed by atoms with E-state index in [1.54, 1.807) is 23.0 Å². The van der Waals surface area contributed by atoms with Gasteiger partial charge in [0.15, 0.2) is 5.65 Å². The topological polar surface area (TPSA) is 77.6 Å². The second-order valence-corrected chi connectivity index (χ2v) is 10.0. The Balaban J connectivity index is 1.39. The van der Waals surface area contributed by atoms with E-state index < -0.39 is 0 Å². The Hall–Kier alpha value is -3.68. The minimum atomic E-state index is -0.206. The van der Waals surface area contributed by atoms with Gasteiger partial charge < -0.3 is 5.32 Å². The first-order valence-corrected chi connectivity index (χ1v) is 12.6. The minimum Gasteiger partial charge on any atom is -0.321 e. The van der Waals surface area contributed by atoms with Crippen LogP contribution in [0.3, 0.4) is 0 Å². The number of aromatic nitrogens is 5. The van der Waals surface area contributed by atoms with E-state index in [1.807, 2.05) is 43.7 Å². The highest BCUT2D eigenvalue weighted by Gasteiger charge is 2.19. The summed E-state index contributed by atoms with van der Waals surface area (Å²) in [6.07, 6.45) is 1.76. The SMILES string of the molecule is Cc1cccc(-c2ccnc3c2c(C)nn3CC(=O)Nc2c(C)nn(Cc3ccc(Cl)cc3Cl)c2C)c1. The molecule has 0 aliphatic rings. The summed E-state index contributed by atoms with van der Waals surface area (Å²) in [7, 11) is 0. The molecule has 0 atom stereocenters. The molecule has 9 heteroatoms. The number of rotatable bonds is 6. The molecule has 0 bridgehead atoms. The van der Waals surface area contributed by atoms with Gasteiger partial charge in [-0.2, -0.15) is 10.2 Å². The summed E-state index contributed by atoms with van der Waals surface area (Å²) in [6, 6.07) is 15.7. The second kappa shape index (κ2) is 10.00. The molecule has 5 rings (SSSR count). The van der Waals surface area contributed by atoms with E-state index >= 15 is 0 Å². The highest BCUT2D eigenvalue weighted by atomic mass is 35.5. The largest absolute Gasteiger partial charge is 0.321 e. The number of nitrogens with one attached hydrogen (secondary N) is 1. The first-order chi connectivity index (χ1) is 17.7. The van der Waals surface area contributed by atoms with Gasteiger partial charge in [-0.1, -0.05) is 59.1 Å². The van der Waals surface area contributed by atoms with Crippen LogP contribution < -0.4 is 5.32 Å². The Morgan fingerprint density at radius 2 is 1.73 bits per heavy atom. The van der Waals surface area contributed by atoms with Gasteiger partial charge >= 0.3 is 0 Å². The lowest BCUT2D eigenvalue weighted by Gasteiger charge is -2.09. The van der Waals surface area contributed by atoms with Crippen molar-refractivity contribution in [2.45, 2.75) is 40.8 Å². The van der Waals surface area contributed by atoms with Crippen molar-refractivity contribution in [3.63, 3.8) is 0 Å². The first kappa shape index (κ1) is 25.0. The van der Waals surface area contributed by atoms with Gasteiger partial charge in [-0.05, 0) is 62.6 Å². The predicted molar refractivity (Wildman–Crippen MR) is 148 cm³/mol. The number of fused-ring (bicyclic) bond motifs is 1. The molecule has 0 spiro atoms. The third-order valence-electron chi connectivity index (χ3n) is 6.41. The molecule has 0 radical (unpaired) electrons. The number of benzene rings is 2. The lowest BCUT2D eigenvalue weighted by molar-refractivity contribution is -0.116. The zero-order valence-corrected chi connectivity index (χ0v) is 22.5. The zero-order chi connectivity index (χ0) is 26.3. The molecule has 0 aliphatic heterocycles. The van der Waals surface area contributed by atoms with E-state index in [4.69, 9.17) is 23.2 Å². The Labute approximate surface area is 225 Å². The second-order valence-electron chi connectivity index (χ2n) is 9.16. The number of anilines is 1. The van der Waals surface area contributed by atoms with E-state index in [0.29, 0.717) is 27.9 Å². The molecule has 1 N–H and O–H groups in total. The molecule has 0 saturated heterocycles. The molecule has 1 amide bonds. The standard InChI is InChI=1S/C28H26Cl2N6O/c1-16-6-5-7-20(12-16)23-10-11-31-28-26(23)17(2)33-36(28)15-25(37)32-27-18(3)34-35(19(27)4)14-21-8-9-22(29)13-24(21)30/h5-13H,14-15H2,1-4H3,(H,32,37). The maximum atomic E-state index is 13.1. The number of hydrogen-bond donors (Lipinski definition) is 1. The molecule has 0 unspecified atom stereocenters. The van der Waals surface area contributed by atoms with Crippen molar-refractivity contribution in [3.05, 3.63) is 93.0 Å². The lowest BCUT2D eigenvalue weighted by Crippen LogP contribution is -2.20. The first-order valence-electron chi connectivity index (χ1n) is 11.9. The molecule has 0 saturated carbocycles. The summed E-state index contributed by atoms with van der Waals surface area (Å²) < 4.78 is 3.48. The molecule has 7 nitrogen and oxygen atoms in total. The van der Waals surface area contributed by atoms with Crippen LogP contribution in [-0.4, -0.2) is 30.5 Å². The van der Waals surface area contributed by atoms with Crippen molar-refractivity contribution in [3.8, 4) is 11.1 Å². The van der Waals surface area contributed by atoms with Gasteiger partial charge in [0.25, 0.3) is 0 Å². The fourth-order valence-corrected chi connectivity index (χ4v) is 5.07. The van der Waals surface area contributed by atoms with E-state index in [1.165, 1.54) is 5.56 Å². The smallest absolute Gasteiger partial charge is 0.246 e. The van der Waals surface area contributed by atoms with Gasteiger partial charge in [-0.25, -0.2) is 9.67 Å². The molecule has 5 aromatic rings. The quantitative estimate of drug-likeness (QED) is 0.270. The number of carbonyl (C=O) groups is 1. The molecule has 0 fully saturated rings. The average Bonchev–Trinajstić information content (AvgIpc) is 3.31. The van der Waals surface area contributed by atoms with Gasteiger partial charge in [0.2, 0.25) is 5.91 Å². The van der Waals surface area contributed by atoms with Crippen LogP contribution in [0.2, 0.25) is 10.0 Å². The van der Waals surface area contributed by atoms with Crippen LogP contribution >= 0.6 is 23.2 Å². The highest BCUT2D eigenvalue weighted by molar-refractivity contribution is 6.35. The Morgan fingerprint density at radius 1 is 0.946 bits per heavy atom. The summed E-state index contributed by atoms with van der Waals surface area (Å²) in [5, 5.41) is 14.4. The predicted octanol–water partition coefficient (Wildman–Crippen LogP) is 6.52. The van der Waals surface area contributed by atoms with Crippen LogP contribution in [0.15, 0.2) is 54.7 Å². The maximum Gasteiger partial charge on any atom is 0.246 e. The van der Waals surface area contributed by atoms with Crippen molar-refractivity contribution < 1.29 is 4.79 Å². The molecular formula is C28H26Cl2N6O. The van der Waals surface area contributed by atoms with Gasteiger partial charge in [-0.15, -0.1) is 0 Å². The number of nitrogens with zero attached hydrogens (tertiary/aromatic N) is 5. The number of carbonyl (C=O) groups excluding carboxylic acids is 1. The zero-order valence-electron chi connectivity index (χ0n) is 21.0. The Bertz CT molecular complexity index is 1650. The molecule has 3 aromatic heterocycles. The monoisotopic (exact) mass is 532 g/mol. The van der Waals surface area contributed by atoms with Crippen LogP contribution in [0.5, 0.6) is 0 Å². The third-order valence-corrected chi connectivity index (χ3v) is 7.00. The van der Waals surface area contributed by atoms with Crippen LogP contribution in [-0.2, 0) is 17.9 Å². The van der Waals surface area contributed by atoms with Crippen molar-refractivity contribution in [1.29, 1.82) is 0 Å². The van der Waals surface area contributed by atoms with E-state index in [0.717, 1.165) is 39.2 Å². The Kier molecular flexibility index (Phi) is 6.75. The number of hydrogen-bond acceptors (Lipinski definition) is 4. The summed E-state index contributed by atoms with van der Waals surface area (Å²) in [6.45, 7) is 8.29. The van der Waals surface area contributed by atoms with Crippen molar-refractivity contribution in [2.24, 2.45) is 0 Å². The van der Waals surface area contributed by atoms with Crippen LogP contribution in [0.1, 0.15) is 28.2 Å². The molecule has 0 aliphatic carbocycles. The summed E-state index contributed by atoms with van der Waals surface area (Å²) in [5.74, 6) is -0.206. The number of amides is 1. The normalized spacial score (nSPS) is 11.3. The van der Waals surface area contributed by atoms with Crippen LogP contribution in [0.4, 0.5) is 5.69 Å². The van der Waals surface area contributed by atoms with Crippen molar-refractivity contribution in [2.75, 3.05) is 5.32 Å². The average molecular weight is 533 g/mol. The lowest BCUT2D eigenvalue weighted by atomic mass is 10.0. The van der Waals surface area contributed by atoms with Crippen molar-refractivity contribution in [1.82, 2.24) is 24.5 Å². The Morgan fingerprint density at radius 3 is 2.49 bits per heavy atom. The van der Waals surface area contributed by atoms with Gasteiger partial charge in [0.05, 0.1) is 29.3 Å². The van der Waals surface area contributed by atoms with Crippen LogP contribution in [0, 0.1) is 27.7 Å². The van der Waals surface area contributed by atoms with Crippen LogP contribution in [0.25, 0.3) is 22.2 Å². The van der Waals surface area contributed by atoms with E-state index in [9.17, 15) is 4.79 Å². The fraction of sp³-hybridized carbons (Fsp3) is 0.214. The van der Waals surface area contributed by atoms with Gasteiger partial charge in [0, 0.05) is 21.6 Å². The molecule has 2 aromatic carbocycles. The molecule has 37 heavy (non-hydrogen) atoms. The fourth-order valence-electron chi connectivity index (χ4n) is 4.60. The third kappa shape index (κ3) is 4.97. The minimum absolute atomic E-state index is 0.0294. The number of halogens is 2. The summed E-state index contributed by atoms with van der Waals surface area (Å²) in [4.78, 5) is 17.7. The summed E-state index contributed by atoms with van der Waals surface area (Å²) in [5.41, 5.74) is 7.94. The van der Waals surface area contributed by atoms with E-state index in [-0.39, 0.29) is 12.5 Å². The van der Waals surface area contributed by atoms with Gasteiger partial charge in [0.1, 0.15) is 6.54 Å². The molecule has 188 valence electrons. The highest BCUT2D eigenvalue weighted by Crippen LogP contribution is 2.30. The molecular weight excluding hydrogens is 507 g/mol. The summed E-state index contributed by atoms with van der Waals surface area (Å²) >= 11 is 12.4. The van der Waals surface area contributed by atoms with Gasteiger partial charge in [-0.3, -0.25) is 9.48 Å². The molecule has 3 heterocycles. The van der Waals surface area contributed by atoms with E-state index in [2.05, 4.69) is 45.6 Å².